The molecular formula is C23H22N4O4S. The first-order valence-electron chi connectivity index (χ1n) is 10.1. The zero-order chi connectivity index (χ0) is 22.7. The Hall–Kier alpha value is -3.72. The van der Waals surface area contributed by atoms with Crippen molar-refractivity contribution in [2.75, 3.05) is 0 Å². The minimum absolute atomic E-state index is 0.0688. The van der Waals surface area contributed by atoms with Gasteiger partial charge in [-0.15, -0.1) is 11.3 Å². The predicted octanol–water partition coefficient (Wildman–Crippen LogP) is 4.12. The highest BCUT2D eigenvalue weighted by molar-refractivity contribution is 7.20. The van der Waals surface area contributed by atoms with Crippen LogP contribution in [0.2, 0.25) is 0 Å². The highest BCUT2D eigenvalue weighted by Crippen LogP contribution is 2.31. The van der Waals surface area contributed by atoms with Gasteiger partial charge < -0.3 is 9.15 Å². The topological polar surface area (TPSA) is 106 Å². The van der Waals surface area contributed by atoms with Gasteiger partial charge in [0.05, 0.1) is 4.88 Å². The van der Waals surface area contributed by atoms with Crippen LogP contribution in [0.4, 0.5) is 0 Å². The van der Waals surface area contributed by atoms with E-state index in [9.17, 15) is 9.59 Å². The molecule has 32 heavy (non-hydrogen) atoms. The number of hydrogen-bond acceptors (Lipinski definition) is 7. The summed E-state index contributed by atoms with van der Waals surface area (Å²) in [4.78, 5) is 35.3. The highest BCUT2D eigenvalue weighted by atomic mass is 32.1. The number of fused-ring (bicyclic) bond motifs is 1. The Morgan fingerprint density at radius 3 is 2.53 bits per heavy atom. The number of carbonyl (C=O) groups excluding carboxylic acids is 2. The lowest BCUT2D eigenvalue weighted by molar-refractivity contribution is 0.0830. The molecule has 0 aliphatic heterocycles. The number of aryl methyl sites for hydroxylation is 3. The van der Waals surface area contributed by atoms with Crippen molar-refractivity contribution in [3.05, 3.63) is 75.9 Å². The monoisotopic (exact) mass is 450 g/mol. The summed E-state index contributed by atoms with van der Waals surface area (Å²) in [5.74, 6) is 1.02. The first kappa shape index (κ1) is 21.5. The maximum absolute atomic E-state index is 12.7. The highest BCUT2D eigenvalue weighted by Gasteiger charge is 2.20. The summed E-state index contributed by atoms with van der Waals surface area (Å²) in [5.41, 5.74) is 6.46. The SMILES string of the molecule is CCc1nc(C)c2c(C)c(C(=O)NNC(=O)c3ccc(COc4ccccc4)o3)sc2n1. The molecule has 1 aromatic carbocycles. The molecule has 0 unspecified atom stereocenters. The van der Waals surface area contributed by atoms with Crippen molar-refractivity contribution in [1.82, 2.24) is 20.8 Å². The number of nitrogens with one attached hydrogen (secondary N) is 2. The third kappa shape index (κ3) is 4.47. The second-order valence-corrected chi connectivity index (χ2v) is 8.09. The summed E-state index contributed by atoms with van der Waals surface area (Å²) in [6, 6.07) is 12.5. The molecule has 3 aromatic heterocycles. The Balaban J connectivity index is 1.39. The Labute approximate surface area is 188 Å². The number of amides is 2. The van der Waals surface area contributed by atoms with E-state index < -0.39 is 11.8 Å². The number of aromatic nitrogens is 2. The maximum Gasteiger partial charge on any atom is 0.305 e. The number of carbonyl (C=O) groups is 2. The fourth-order valence-electron chi connectivity index (χ4n) is 3.25. The fourth-order valence-corrected chi connectivity index (χ4v) is 4.40. The smallest absolute Gasteiger partial charge is 0.305 e. The van der Waals surface area contributed by atoms with Crippen molar-refractivity contribution >= 4 is 33.4 Å². The van der Waals surface area contributed by atoms with Crippen LogP contribution in [0, 0.1) is 13.8 Å². The molecule has 0 fully saturated rings. The van der Waals surface area contributed by atoms with Crippen LogP contribution in [0.3, 0.4) is 0 Å². The molecule has 2 amide bonds. The summed E-state index contributed by atoms with van der Waals surface area (Å²) in [7, 11) is 0. The number of para-hydroxylation sites is 1. The van der Waals surface area contributed by atoms with Crippen molar-refractivity contribution in [2.45, 2.75) is 33.8 Å². The van der Waals surface area contributed by atoms with Gasteiger partial charge in [0.2, 0.25) is 0 Å². The lowest BCUT2D eigenvalue weighted by atomic mass is 10.1. The second kappa shape index (κ2) is 9.19. The molecule has 0 bridgehead atoms. The molecule has 0 radical (unpaired) electrons. The van der Waals surface area contributed by atoms with Gasteiger partial charge in [-0.1, -0.05) is 25.1 Å². The van der Waals surface area contributed by atoms with E-state index in [1.165, 1.54) is 17.4 Å². The van der Waals surface area contributed by atoms with Crippen LogP contribution in [0.5, 0.6) is 5.75 Å². The van der Waals surface area contributed by atoms with Crippen LogP contribution in [0.1, 0.15) is 50.0 Å². The van der Waals surface area contributed by atoms with Gasteiger partial charge in [0.1, 0.15) is 28.8 Å². The van der Waals surface area contributed by atoms with Gasteiger partial charge in [0, 0.05) is 17.5 Å². The quantitative estimate of drug-likeness (QED) is 0.428. The van der Waals surface area contributed by atoms with E-state index in [0.717, 1.165) is 27.3 Å². The summed E-state index contributed by atoms with van der Waals surface area (Å²) in [6.45, 7) is 5.92. The van der Waals surface area contributed by atoms with Crippen molar-refractivity contribution in [3.63, 3.8) is 0 Å². The van der Waals surface area contributed by atoms with Crippen LogP contribution >= 0.6 is 11.3 Å². The second-order valence-electron chi connectivity index (χ2n) is 7.09. The van der Waals surface area contributed by atoms with Crippen molar-refractivity contribution in [1.29, 1.82) is 0 Å². The molecule has 3 heterocycles. The van der Waals surface area contributed by atoms with Crippen LogP contribution in [0.25, 0.3) is 10.2 Å². The van der Waals surface area contributed by atoms with E-state index in [-0.39, 0.29) is 12.4 Å². The van der Waals surface area contributed by atoms with E-state index in [4.69, 9.17) is 9.15 Å². The van der Waals surface area contributed by atoms with Gasteiger partial charge in [0.25, 0.3) is 5.91 Å². The lowest BCUT2D eigenvalue weighted by Crippen LogP contribution is -2.41. The average molecular weight is 451 g/mol. The summed E-state index contributed by atoms with van der Waals surface area (Å²) in [5, 5.41) is 0.873. The Kier molecular flexibility index (Phi) is 6.18. The standard InChI is InChI=1S/C23H22N4O4S/c1-4-18-24-14(3)19-13(2)20(32-23(19)25-18)22(29)27-26-21(28)17-11-10-16(31-17)12-30-15-8-6-5-7-9-15/h5-11H,4,12H2,1-3H3,(H,26,28)(H,27,29). The van der Waals surface area contributed by atoms with Gasteiger partial charge >= 0.3 is 5.91 Å². The van der Waals surface area contributed by atoms with Gasteiger partial charge in [-0.05, 0) is 43.7 Å². The zero-order valence-corrected chi connectivity index (χ0v) is 18.7. The van der Waals surface area contributed by atoms with Crippen molar-refractivity contribution in [2.24, 2.45) is 0 Å². The lowest BCUT2D eigenvalue weighted by Gasteiger charge is -2.06. The molecule has 0 saturated heterocycles. The summed E-state index contributed by atoms with van der Waals surface area (Å²) >= 11 is 1.28. The molecule has 8 nitrogen and oxygen atoms in total. The number of thiophene rings is 1. The Morgan fingerprint density at radius 1 is 1.03 bits per heavy atom. The van der Waals surface area contributed by atoms with Gasteiger partial charge in [-0.25, -0.2) is 9.97 Å². The summed E-state index contributed by atoms with van der Waals surface area (Å²) in [6.07, 6.45) is 0.715. The van der Waals surface area contributed by atoms with E-state index in [1.807, 2.05) is 51.1 Å². The normalized spacial score (nSPS) is 10.8. The van der Waals surface area contributed by atoms with Crippen molar-refractivity contribution < 1.29 is 18.7 Å². The van der Waals surface area contributed by atoms with E-state index in [0.29, 0.717) is 22.8 Å². The number of furan rings is 1. The van der Waals surface area contributed by atoms with E-state index in [2.05, 4.69) is 20.8 Å². The molecule has 0 saturated carbocycles. The van der Waals surface area contributed by atoms with Gasteiger partial charge in [-0.2, -0.15) is 0 Å². The first-order valence-corrected chi connectivity index (χ1v) is 10.9. The van der Waals surface area contributed by atoms with Crippen LogP contribution in [0.15, 0.2) is 46.9 Å². The van der Waals surface area contributed by atoms with Gasteiger partial charge in [0.15, 0.2) is 5.76 Å². The summed E-state index contributed by atoms with van der Waals surface area (Å²) < 4.78 is 11.1. The number of nitrogens with zero attached hydrogens (tertiary/aromatic N) is 2. The maximum atomic E-state index is 12.7. The molecular weight excluding hydrogens is 428 g/mol. The molecule has 0 aliphatic carbocycles. The minimum Gasteiger partial charge on any atom is -0.486 e. The average Bonchev–Trinajstić information content (AvgIpc) is 3.41. The molecule has 0 spiro atoms. The number of ether oxygens (including phenoxy) is 1. The molecule has 0 atom stereocenters. The molecule has 164 valence electrons. The molecule has 0 aliphatic rings. The predicted molar refractivity (Wildman–Crippen MR) is 121 cm³/mol. The van der Waals surface area contributed by atoms with Gasteiger partial charge in [-0.3, -0.25) is 20.4 Å². The Morgan fingerprint density at radius 2 is 1.78 bits per heavy atom. The third-order valence-corrected chi connectivity index (χ3v) is 6.02. The first-order chi connectivity index (χ1) is 15.5. The van der Waals surface area contributed by atoms with Crippen LogP contribution in [-0.4, -0.2) is 21.8 Å². The minimum atomic E-state index is -0.563. The molecule has 4 aromatic rings. The number of rotatable bonds is 6. The van der Waals surface area contributed by atoms with Crippen LogP contribution in [-0.2, 0) is 13.0 Å². The molecule has 4 rings (SSSR count). The van der Waals surface area contributed by atoms with Crippen LogP contribution < -0.4 is 15.6 Å². The van der Waals surface area contributed by atoms with E-state index in [1.54, 1.807) is 6.07 Å². The van der Waals surface area contributed by atoms with E-state index >= 15 is 0 Å². The zero-order valence-electron chi connectivity index (χ0n) is 17.9. The third-order valence-electron chi connectivity index (χ3n) is 4.84. The number of hydrazine groups is 1. The fraction of sp³-hybridized carbons (Fsp3) is 0.217. The number of benzene rings is 1. The van der Waals surface area contributed by atoms with Crippen molar-refractivity contribution in [3.8, 4) is 5.75 Å². The molecule has 2 N–H and O–H groups in total. The molecule has 9 heteroatoms. The largest absolute Gasteiger partial charge is 0.486 e. The number of hydrogen-bond donors (Lipinski definition) is 2. The Bertz CT molecular complexity index is 1280.